The normalized spacial score (nSPS) is 22.6. The van der Waals surface area contributed by atoms with E-state index in [1.165, 1.54) is 7.11 Å². The van der Waals surface area contributed by atoms with E-state index < -0.39 is 0 Å². The molecular formula is C33H35Cl2N3O4. The highest BCUT2D eigenvalue weighted by atomic mass is 35.5. The van der Waals surface area contributed by atoms with Crippen molar-refractivity contribution in [1.29, 1.82) is 0 Å². The first-order valence-corrected chi connectivity index (χ1v) is 15.6. The van der Waals surface area contributed by atoms with Crippen LogP contribution in [0.25, 0.3) is 22.6 Å². The Labute approximate surface area is 255 Å². The number of aromatic nitrogens is 3. The third-order valence-corrected chi connectivity index (χ3v) is 9.93. The highest BCUT2D eigenvalue weighted by Crippen LogP contribution is 2.64. The summed E-state index contributed by atoms with van der Waals surface area (Å²) in [6.45, 7) is 4.00. The topological polar surface area (TPSA) is 91.2 Å². The summed E-state index contributed by atoms with van der Waals surface area (Å²) in [7, 11) is 1.37. The lowest BCUT2D eigenvalue weighted by atomic mass is 9.78. The molecule has 3 aliphatic carbocycles. The summed E-state index contributed by atoms with van der Waals surface area (Å²) >= 11 is 13.2. The van der Waals surface area contributed by atoms with Crippen LogP contribution in [0.5, 0.6) is 0 Å². The summed E-state index contributed by atoms with van der Waals surface area (Å²) in [5.41, 5.74) is 4.15. The summed E-state index contributed by atoms with van der Waals surface area (Å²) < 4.78 is 16.6. The second-order valence-corrected chi connectivity index (χ2v) is 12.5. The maximum absolute atomic E-state index is 11.8. The zero-order valence-corrected chi connectivity index (χ0v) is 25.7. The number of halogens is 2. The van der Waals surface area contributed by atoms with E-state index in [1.54, 1.807) is 12.1 Å². The molecule has 0 amide bonds. The van der Waals surface area contributed by atoms with Crippen LogP contribution < -0.4 is 0 Å². The number of carbonyl (C=O) groups excluding carboxylic acids is 1. The van der Waals surface area contributed by atoms with Gasteiger partial charge in [0.15, 0.2) is 0 Å². The molecule has 42 heavy (non-hydrogen) atoms. The number of rotatable bonds is 8. The van der Waals surface area contributed by atoms with Gasteiger partial charge in [-0.15, -0.1) is 0 Å². The molecule has 3 saturated carbocycles. The smallest absolute Gasteiger partial charge is 0.337 e. The number of fused-ring (bicyclic) bond motifs is 2. The fourth-order valence-corrected chi connectivity index (χ4v) is 7.50. The van der Waals surface area contributed by atoms with E-state index >= 15 is 0 Å². The fraction of sp³-hybridized carbons (Fsp3) is 0.455. The van der Waals surface area contributed by atoms with E-state index in [1.807, 2.05) is 44.2 Å². The Kier molecular flexibility index (Phi) is 7.92. The molecule has 7 rings (SSSR count). The van der Waals surface area contributed by atoms with E-state index in [2.05, 4.69) is 10.3 Å². The first-order chi connectivity index (χ1) is 20.4. The van der Waals surface area contributed by atoms with Gasteiger partial charge in [-0.1, -0.05) is 65.6 Å². The third-order valence-electron chi connectivity index (χ3n) is 9.30. The quantitative estimate of drug-likeness (QED) is 0.184. The number of carbonyl (C=O) groups is 1. The summed E-state index contributed by atoms with van der Waals surface area (Å²) in [4.78, 5) is 16.6. The van der Waals surface area contributed by atoms with E-state index in [-0.39, 0.29) is 16.8 Å². The lowest BCUT2D eigenvalue weighted by Gasteiger charge is -2.26. The molecule has 2 heterocycles. The van der Waals surface area contributed by atoms with Crippen molar-refractivity contribution < 1.29 is 18.6 Å². The molecule has 220 valence electrons. The zero-order chi connectivity index (χ0) is 29.5. The molecule has 9 heteroatoms. The van der Waals surface area contributed by atoms with Gasteiger partial charge in [0.1, 0.15) is 11.5 Å². The van der Waals surface area contributed by atoms with Gasteiger partial charge in [-0.2, -0.15) is 4.98 Å². The summed E-state index contributed by atoms with van der Waals surface area (Å²) in [6, 6.07) is 12.6. The molecule has 0 atom stereocenters. The Morgan fingerprint density at radius 2 is 1.67 bits per heavy atom. The molecule has 0 radical (unpaired) electrons. The number of ether oxygens (including phenoxy) is 1. The molecule has 2 bridgehead atoms. The predicted molar refractivity (Wildman–Crippen MR) is 162 cm³/mol. The minimum Gasteiger partial charge on any atom is -0.465 e. The molecule has 0 spiro atoms. The van der Waals surface area contributed by atoms with Gasteiger partial charge in [0.25, 0.3) is 0 Å². The highest BCUT2D eigenvalue weighted by molar-refractivity contribution is 6.39. The van der Waals surface area contributed by atoms with Crippen molar-refractivity contribution in [2.75, 3.05) is 7.11 Å². The van der Waals surface area contributed by atoms with Gasteiger partial charge < -0.3 is 13.8 Å². The van der Waals surface area contributed by atoms with Crippen LogP contribution in [0.15, 0.2) is 51.5 Å². The lowest BCUT2D eigenvalue weighted by Crippen LogP contribution is -2.20. The number of benzene rings is 2. The number of nitrogens with zero attached hydrogens (tertiary/aromatic N) is 3. The van der Waals surface area contributed by atoms with Crippen LogP contribution in [-0.2, 0) is 16.6 Å². The van der Waals surface area contributed by atoms with Crippen molar-refractivity contribution >= 4 is 29.2 Å². The molecule has 3 aliphatic rings. The van der Waals surface area contributed by atoms with E-state index in [4.69, 9.17) is 42.0 Å². The second-order valence-electron chi connectivity index (χ2n) is 11.7. The Hall–Kier alpha value is -3.16. The molecule has 0 saturated heterocycles. The molecular weight excluding hydrogens is 573 g/mol. The number of hydrogen-bond acceptors (Lipinski definition) is 7. The maximum atomic E-state index is 11.8. The number of methoxy groups -OCH3 is 1. The molecule has 0 unspecified atom stereocenters. The van der Waals surface area contributed by atoms with Gasteiger partial charge in [0.05, 0.1) is 28.1 Å². The highest BCUT2D eigenvalue weighted by Gasteiger charge is 2.57. The van der Waals surface area contributed by atoms with Crippen LogP contribution in [0.2, 0.25) is 10.0 Å². The Morgan fingerprint density at radius 3 is 2.31 bits per heavy atom. The minimum atomic E-state index is -0.370. The average Bonchev–Trinajstić information content (AvgIpc) is 3.35. The van der Waals surface area contributed by atoms with E-state index in [0.717, 1.165) is 91.8 Å². The Morgan fingerprint density at radius 1 is 0.976 bits per heavy atom. The van der Waals surface area contributed by atoms with Crippen molar-refractivity contribution in [2.24, 2.45) is 5.41 Å². The number of esters is 1. The molecule has 0 aliphatic heterocycles. The molecule has 0 N–H and O–H groups in total. The summed E-state index contributed by atoms with van der Waals surface area (Å²) in [5.74, 6) is 2.35. The largest absolute Gasteiger partial charge is 0.465 e. The zero-order valence-electron chi connectivity index (χ0n) is 24.2. The minimum absolute atomic E-state index is 0.0833. The molecule has 2 aromatic heterocycles. The van der Waals surface area contributed by atoms with Gasteiger partial charge in [0, 0.05) is 22.6 Å². The monoisotopic (exact) mass is 607 g/mol. The fourth-order valence-electron chi connectivity index (χ4n) is 6.93. The van der Waals surface area contributed by atoms with Crippen LogP contribution >= 0.6 is 23.2 Å². The van der Waals surface area contributed by atoms with Crippen LogP contribution in [0.3, 0.4) is 0 Å². The van der Waals surface area contributed by atoms with Crippen LogP contribution in [-0.4, -0.2) is 28.4 Å². The van der Waals surface area contributed by atoms with Crippen molar-refractivity contribution in [3.63, 3.8) is 0 Å². The van der Waals surface area contributed by atoms with Gasteiger partial charge in [-0.05, 0) is 87.5 Å². The number of hydrogen-bond donors (Lipinski definition) is 0. The van der Waals surface area contributed by atoms with Gasteiger partial charge in [-0.3, -0.25) is 0 Å². The molecule has 4 aromatic rings. The summed E-state index contributed by atoms with van der Waals surface area (Å²) in [5, 5.41) is 9.97. The van der Waals surface area contributed by atoms with Crippen molar-refractivity contribution in [2.45, 2.75) is 83.0 Å². The van der Waals surface area contributed by atoms with Crippen LogP contribution in [0.1, 0.15) is 98.7 Å². The first kappa shape index (κ1) is 28.9. The van der Waals surface area contributed by atoms with Gasteiger partial charge in [0.2, 0.25) is 11.7 Å². The maximum Gasteiger partial charge on any atom is 0.337 e. The second kappa shape index (κ2) is 11.5. The van der Waals surface area contributed by atoms with Crippen LogP contribution in [0.4, 0.5) is 0 Å². The SMILES string of the molecule is CC.COC(=O)c1ccc(-c2noc(C34CCC(CCc5c(-c6c(Cl)cccc6Cl)noc5C5CC5)(CC3)C4)n2)cc1. The Bertz CT molecular complexity index is 1560. The van der Waals surface area contributed by atoms with Crippen molar-refractivity contribution in [3.05, 3.63) is 75.3 Å². The van der Waals surface area contributed by atoms with Crippen molar-refractivity contribution in [3.8, 4) is 22.6 Å². The predicted octanol–water partition coefficient (Wildman–Crippen LogP) is 9.22. The molecule has 2 aromatic carbocycles. The third kappa shape index (κ3) is 5.15. The van der Waals surface area contributed by atoms with Gasteiger partial charge in [-0.25, -0.2) is 4.79 Å². The van der Waals surface area contributed by atoms with Gasteiger partial charge >= 0.3 is 5.97 Å². The standard InChI is InChI=1S/C31H29Cl2N3O4.C2H6/c1-38-28(37)20-9-7-19(8-10-20)27-34-29(40-36-27)31-15-13-30(17-31,14-16-31)12-11-21-25(35-39-26(21)18-5-6-18)24-22(32)3-2-4-23(24)33;1-2/h2-4,7-10,18H,5-6,11-17H2,1H3;1-2H3. The lowest BCUT2D eigenvalue weighted by molar-refractivity contribution is 0.0600. The Balaban J connectivity index is 0.00000155. The molecule has 3 fully saturated rings. The average molecular weight is 609 g/mol. The van der Waals surface area contributed by atoms with Crippen molar-refractivity contribution in [1.82, 2.24) is 15.3 Å². The van der Waals surface area contributed by atoms with E-state index in [9.17, 15) is 4.79 Å². The van der Waals surface area contributed by atoms with E-state index in [0.29, 0.717) is 27.4 Å². The summed E-state index contributed by atoms with van der Waals surface area (Å²) in [6.07, 6.45) is 9.57. The van der Waals surface area contributed by atoms with Crippen LogP contribution in [0, 0.1) is 5.41 Å². The first-order valence-electron chi connectivity index (χ1n) is 14.9. The molecule has 7 nitrogen and oxygen atoms in total.